The van der Waals surface area contributed by atoms with Gasteiger partial charge in [-0.15, -0.1) is 0 Å². The molecule has 0 saturated carbocycles. The molecule has 2 aromatic rings. The van der Waals surface area contributed by atoms with Crippen molar-refractivity contribution in [2.75, 3.05) is 4.72 Å². The van der Waals surface area contributed by atoms with Gasteiger partial charge in [0, 0.05) is 5.69 Å². The van der Waals surface area contributed by atoms with E-state index >= 15 is 0 Å². The molecule has 0 aromatic heterocycles. The Labute approximate surface area is 124 Å². The van der Waals surface area contributed by atoms with Crippen LogP contribution in [0.5, 0.6) is 0 Å². The quantitative estimate of drug-likeness (QED) is 0.915. The molecule has 0 amide bonds. The molecule has 3 nitrogen and oxygen atoms in total. The Kier molecular flexibility index (Phi) is 4.15. The second kappa shape index (κ2) is 5.57. The van der Waals surface area contributed by atoms with Gasteiger partial charge >= 0.3 is 6.18 Å². The van der Waals surface area contributed by atoms with E-state index in [1.807, 2.05) is 0 Å². The Morgan fingerprint density at radius 3 is 2.05 bits per heavy atom. The molecule has 112 valence electrons. The average Bonchev–Trinajstić information content (AvgIpc) is 2.38. The summed E-state index contributed by atoms with van der Waals surface area (Å²) >= 11 is 5.79. The van der Waals surface area contributed by atoms with Crippen molar-refractivity contribution in [3.8, 4) is 0 Å². The van der Waals surface area contributed by atoms with Crippen LogP contribution in [0.15, 0.2) is 53.4 Å². The zero-order chi connectivity index (χ0) is 15.7. The molecule has 2 aromatic carbocycles. The first-order valence-electron chi connectivity index (χ1n) is 5.65. The zero-order valence-corrected chi connectivity index (χ0v) is 11.9. The molecule has 2 rings (SSSR count). The molecule has 1 N–H and O–H groups in total. The minimum absolute atomic E-state index is 0.0166. The Bertz CT molecular complexity index is 743. The summed E-state index contributed by atoms with van der Waals surface area (Å²) in [5, 5.41) is 0.0249. The molecular weight excluding hydrogens is 327 g/mol. The van der Waals surface area contributed by atoms with Crippen LogP contribution in [0, 0.1) is 0 Å². The van der Waals surface area contributed by atoms with E-state index in [2.05, 4.69) is 4.72 Å². The summed E-state index contributed by atoms with van der Waals surface area (Å²) in [6.45, 7) is 0. The van der Waals surface area contributed by atoms with Gasteiger partial charge in [-0.2, -0.15) is 13.2 Å². The predicted octanol–water partition coefficient (Wildman–Crippen LogP) is 4.16. The predicted molar refractivity (Wildman–Crippen MR) is 73.7 cm³/mol. The third kappa shape index (κ3) is 3.68. The van der Waals surface area contributed by atoms with Crippen molar-refractivity contribution in [2.24, 2.45) is 0 Å². The number of sulfonamides is 1. The summed E-state index contributed by atoms with van der Waals surface area (Å²) in [6, 6.07) is 9.44. The van der Waals surface area contributed by atoms with Crippen LogP contribution in [-0.2, 0) is 16.2 Å². The molecule has 0 aliphatic rings. The lowest BCUT2D eigenvalue weighted by molar-refractivity contribution is -0.137. The van der Waals surface area contributed by atoms with E-state index in [1.54, 1.807) is 6.07 Å². The highest BCUT2D eigenvalue weighted by molar-refractivity contribution is 7.92. The van der Waals surface area contributed by atoms with Gasteiger partial charge in [-0.3, -0.25) is 4.72 Å². The zero-order valence-electron chi connectivity index (χ0n) is 10.4. The van der Waals surface area contributed by atoms with Gasteiger partial charge in [0.25, 0.3) is 10.0 Å². The molecule has 0 aliphatic carbocycles. The van der Waals surface area contributed by atoms with Crippen molar-refractivity contribution in [3.63, 3.8) is 0 Å². The van der Waals surface area contributed by atoms with Gasteiger partial charge in [-0.1, -0.05) is 23.7 Å². The van der Waals surface area contributed by atoms with Gasteiger partial charge in [0.2, 0.25) is 0 Å². The van der Waals surface area contributed by atoms with Crippen molar-refractivity contribution < 1.29 is 21.6 Å². The highest BCUT2D eigenvalue weighted by Crippen LogP contribution is 2.30. The van der Waals surface area contributed by atoms with Crippen LogP contribution in [-0.4, -0.2) is 8.42 Å². The number of halogens is 4. The molecule has 0 radical (unpaired) electrons. The van der Waals surface area contributed by atoms with E-state index in [0.717, 1.165) is 24.3 Å². The Hall–Kier alpha value is -1.73. The topological polar surface area (TPSA) is 46.2 Å². The number of anilines is 1. The number of rotatable bonds is 3. The van der Waals surface area contributed by atoms with Crippen LogP contribution in [0.2, 0.25) is 5.02 Å². The van der Waals surface area contributed by atoms with E-state index in [9.17, 15) is 21.6 Å². The van der Waals surface area contributed by atoms with Crippen LogP contribution in [0.4, 0.5) is 18.9 Å². The Balaban J connectivity index is 2.28. The molecule has 0 bridgehead atoms. The first-order valence-corrected chi connectivity index (χ1v) is 7.51. The summed E-state index contributed by atoms with van der Waals surface area (Å²) in [5.41, 5.74) is -0.842. The summed E-state index contributed by atoms with van der Waals surface area (Å²) < 4.78 is 63.6. The van der Waals surface area contributed by atoms with Crippen LogP contribution >= 0.6 is 11.6 Å². The third-order valence-electron chi connectivity index (χ3n) is 2.59. The number of hydrogen-bond acceptors (Lipinski definition) is 2. The van der Waals surface area contributed by atoms with E-state index in [4.69, 9.17) is 11.6 Å². The number of hydrogen-bond donors (Lipinski definition) is 1. The van der Waals surface area contributed by atoms with Gasteiger partial charge in [-0.05, 0) is 36.4 Å². The molecular formula is C13H9ClF3NO2S. The fourth-order valence-electron chi connectivity index (χ4n) is 1.60. The maximum atomic E-state index is 12.4. The lowest BCUT2D eigenvalue weighted by atomic mass is 10.2. The monoisotopic (exact) mass is 335 g/mol. The van der Waals surface area contributed by atoms with Crippen molar-refractivity contribution in [3.05, 3.63) is 59.1 Å². The maximum Gasteiger partial charge on any atom is 0.416 e. The second-order valence-corrected chi connectivity index (χ2v) is 6.17. The summed E-state index contributed by atoms with van der Waals surface area (Å²) in [7, 11) is -3.96. The molecule has 8 heteroatoms. The normalized spacial score (nSPS) is 12.2. The SMILES string of the molecule is O=S(=O)(Nc1ccc(C(F)(F)F)cc1)c1ccccc1Cl. The first kappa shape index (κ1) is 15.7. The summed E-state index contributed by atoms with van der Waals surface area (Å²) in [4.78, 5) is -0.147. The average molecular weight is 336 g/mol. The van der Waals surface area contributed by atoms with Crippen LogP contribution in [0.3, 0.4) is 0 Å². The van der Waals surface area contributed by atoms with Crippen LogP contribution < -0.4 is 4.72 Å². The fourth-order valence-corrected chi connectivity index (χ4v) is 3.18. The van der Waals surface area contributed by atoms with Gasteiger partial charge in [0.05, 0.1) is 10.6 Å². The number of nitrogens with one attached hydrogen (secondary N) is 1. The maximum absolute atomic E-state index is 12.4. The summed E-state index contributed by atoms with van der Waals surface area (Å²) in [6.07, 6.45) is -4.47. The minimum atomic E-state index is -4.47. The number of alkyl halides is 3. The van der Waals surface area contributed by atoms with E-state index in [1.165, 1.54) is 18.2 Å². The molecule has 0 unspecified atom stereocenters. The van der Waals surface area contributed by atoms with Crippen molar-refractivity contribution in [1.82, 2.24) is 0 Å². The lowest BCUT2D eigenvalue weighted by Crippen LogP contribution is -2.13. The molecule has 0 spiro atoms. The van der Waals surface area contributed by atoms with E-state index < -0.39 is 21.8 Å². The smallest absolute Gasteiger partial charge is 0.280 e. The van der Waals surface area contributed by atoms with Crippen LogP contribution in [0.25, 0.3) is 0 Å². The Morgan fingerprint density at radius 1 is 0.952 bits per heavy atom. The van der Waals surface area contributed by atoms with Gasteiger partial charge < -0.3 is 0 Å². The lowest BCUT2D eigenvalue weighted by Gasteiger charge is -2.11. The van der Waals surface area contributed by atoms with E-state index in [-0.39, 0.29) is 15.6 Å². The van der Waals surface area contributed by atoms with Crippen molar-refractivity contribution in [2.45, 2.75) is 11.1 Å². The summed E-state index contributed by atoms with van der Waals surface area (Å²) in [5.74, 6) is 0. The first-order chi connectivity index (χ1) is 9.70. The molecule has 0 atom stereocenters. The van der Waals surface area contributed by atoms with Gasteiger partial charge in [-0.25, -0.2) is 8.42 Å². The van der Waals surface area contributed by atoms with Gasteiger partial charge in [0.15, 0.2) is 0 Å². The van der Waals surface area contributed by atoms with Crippen molar-refractivity contribution >= 4 is 27.3 Å². The Morgan fingerprint density at radius 2 is 1.52 bits per heavy atom. The number of benzene rings is 2. The fraction of sp³-hybridized carbons (Fsp3) is 0.0769. The standard InChI is InChI=1S/C13H9ClF3NO2S/c14-11-3-1-2-4-12(11)21(19,20)18-10-7-5-9(6-8-10)13(15,16)17/h1-8,18H. The van der Waals surface area contributed by atoms with E-state index in [0.29, 0.717) is 0 Å². The second-order valence-electron chi connectivity index (χ2n) is 4.11. The molecule has 21 heavy (non-hydrogen) atoms. The molecule has 0 heterocycles. The third-order valence-corrected chi connectivity index (χ3v) is 4.47. The van der Waals surface area contributed by atoms with Gasteiger partial charge in [0.1, 0.15) is 4.90 Å². The molecule has 0 aliphatic heterocycles. The minimum Gasteiger partial charge on any atom is -0.280 e. The van der Waals surface area contributed by atoms with Crippen molar-refractivity contribution in [1.29, 1.82) is 0 Å². The van der Waals surface area contributed by atoms with Crippen LogP contribution in [0.1, 0.15) is 5.56 Å². The molecule has 0 fully saturated rings. The largest absolute Gasteiger partial charge is 0.416 e. The molecule has 0 saturated heterocycles. The highest BCUT2D eigenvalue weighted by atomic mass is 35.5. The highest BCUT2D eigenvalue weighted by Gasteiger charge is 2.30.